The van der Waals surface area contributed by atoms with Gasteiger partial charge in [0.2, 0.25) is 0 Å². The van der Waals surface area contributed by atoms with Gasteiger partial charge < -0.3 is 5.32 Å². The third-order valence-electron chi connectivity index (χ3n) is 4.61. The number of nitrogens with one attached hydrogen (secondary N) is 1. The molecule has 1 N–H and O–H groups in total. The number of pyridine rings is 1. The van der Waals surface area contributed by atoms with Crippen LogP contribution in [0.5, 0.6) is 0 Å². The number of aromatic nitrogens is 1. The van der Waals surface area contributed by atoms with E-state index in [0.717, 1.165) is 24.7 Å². The fourth-order valence-corrected chi connectivity index (χ4v) is 3.47. The molecule has 3 heteroatoms. The summed E-state index contributed by atoms with van der Waals surface area (Å²) in [4.78, 5) is 6.90. The Balaban J connectivity index is 1.65. The van der Waals surface area contributed by atoms with Gasteiger partial charge in [-0.25, -0.2) is 0 Å². The van der Waals surface area contributed by atoms with Crippen LogP contribution in [0.1, 0.15) is 36.9 Å². The Morgan fingerprint density at radius 3 is 2.72 bits per heavy atom. The highest BCUT2D eigenvalue weighted by Gasteiger charge is 2.34. The predicted molar refractivity (Wildman–Crippen MR) is 73.4 cm³/mol. The van der Waals surface area contributed by atoms with Crippen LogP contribution in [0.3, 0.4) is 0 Å². The summed E-state index contributed by atoms with van der Waals surface area (Å²) >= 11 is 0. The van der Waals surface area contributed by atoms with E-state index in [1.54, 1.807) is 0 Å². The van der Waals surface area contributed by atoms with Crippen molar-refractivity contribution in [3.8, 4) is 0 Å². The largest absolute Gasteiger partial charge is 0.311 e. The molecule has 0 saturated carbocycles. The first-order valence-electron chi connectivity index (χ1n) is 7.09. The van der Waals surface area contributed by atoms with Crippen molar-refractivity contribution in [2.45, 2.75) is 57.3 Å². The van der Waals surface area contributed by atoms with Gasteiger partial charge >= 0.3 is 0 Å². The first kappa shape index (κ1) is 12.1. The lowest BCUT2D eigenvalue weighted by Gasteiger charge is -2.35. The molecule has 0 spiro atoms. The molecule has 2 fully saturated rings. The number of piperidine rings is 1. The van der Waals surface area contributed by atoms with E-state index >= 15 is 0 Å². The van der Waals surface area contributed by atoms with Crippen molar-refractivity contribution in [3.05, 3.63) is 29.6 Å². The molecular formula is C15H23N3. The summed E-state index contributed by atoms with van der Waals surface area (Å²) in [5.41, 5.74) is 2.53. The van der Waals surface area contributed by atoms with Crippen molar-refractivity contribution in [1.29, 1.82) is 0 Å². The van der Waals surface area contributed by atoms with Gasteiger partial charge in [-0.3, -0.25) is 9.88 Å². The zero-order valence-corrected chi connectivity index (χ0v) is 11.4. The van der Waals surface area contributed by atoms with Crippen LogP contribution < -0.4 is 5.32 Å². The van der Waals surface area contributed by atoms with E-state index in [2.05, 4.69) is 35.2 Å². The fourth-order valence-electron chi connectivity index (χ4n) is 3.47. The Hall–Kier alpha value is -0.930. The number of aryl methyl sites for hydroxylation is 1. The van der Waals surface area contributed by atoms with Gasteiger partial charge in [0, 0.05) is 36.6 Å². The lowest BCUT2D eigenvalue weighted by atomic mass is 9.98. The Bertz CT molecular complexity index is 406. The molecule has 3 rings (SSSR count). The standard InChI is InChI=1S/C15H23N3/c1-11-12(4-3-7-16-11)10-18(2)15-8-13-5-6-14(9-15)17-13/h3-4,7,13-15,17H,5-6,8-10H2,1-2H3. The molecule has 0 aliphatic carbocycles. The van der Waals surface area contributed by atoms with E-state index < -0.39 is 0 Å². The molecule has 1 aromatic rings. The molecule has 3 heterocycles. The summed E-state index contributed by atoms with van der Waals surface area (Å²) in [5, 5.41) is 3.71. The third-order valence-corrected chi connectivity index (χ3v) is 4.61. The van der Waals surface area contributed by atoms with E-state index in [9.17, 15) is 0 Å². The molecule has 2 bridgehead atoms. The summed E-state index contributed by atoms with van der Waals surface area (Å²) in [7, 11) is 2.27. The summed E-state index contributed by atoms with van der Waals surface area (Å²) < 4.78 is 0. The van der Waals surface area contributed by atoms with Gasteiger partial charge in [-0.1, -0.05) is 6.07 Å². The molecule has 0 radical (unpaired) electrons. The van der Waals surface area contributed by atoms with Gasteiger partial charge in [0.25, 0.3) is 0 Å². The van der Waals surface area contributed by atoms with Crippen molar-refractivity contribution in [2.24, 2.45) is 0 Å². The molecule has 2 aliphatic heterocycles. The smallest absolute Gasteiger partial charge is 0.0417 e. The minimum atomic E-state index is 0.739. The molecule has 0 aromatic carbocycles. The zero-order chi connectivity index (χ0) is 12.5. The van der Waals surface area contributed by atoms with Crippen molar-refractivity contribution in [3.63, 3.8) is 0 Å². The Morgan fingerprint density at radius 1 is 1.33 bits per heavy atom. The predicted octanol–water partition coefficient (Wildman–Crippen LogP) is 2.10. The van der Waals surface area contributed by atoms with Crippen LogP contribution in [0.4, 0.5) is 0 Å². The van der Waals surface area contributed by atoms with E-state index in [4.69, 9.17) is 0 Å². The van der Waals surface area contributed by atoms with E-state index in [0.29, 0.717) is 0 Å². The first-order chi connectivity index (χ1) is 8.72. The molecule has 2 unspecified atom stereocenters. The van der Waals surface area contributed by atoms with Crippen LogP contribution in [0, 0.1) is 6.92 Å². The second-order valence-electron chi connectivity index (χ2n) is 5.93. The van der Waals surface area contributed by atoms with Gasteiger partial charge in [0.1, 0.15) is 0 Å². The Kier molecular flexibility index (Phi) is 3.35. The topological polar surface area (TPSA) is 28.2 Å². The average molecular weight is 245 g/mol. The van der Waals surface area contributed by atoms with Crippen LogP contribution in [-0.4, -0.2) is 35.1 Å². The molecule has 1 aromatic heterocycles. The average Bonchev–Trinajstić information content (AvgIpc) is 2.71. The van der Waals surface area contributed by atoms with Gasteiger partial charge in [-0.2, -0.15) is 0 Å². The van der Waals surface area contributed by atoms with E-state index in [1.165, 1.54) is 36.9 Å². The van der Waals surface area contributed by atoms with Crippen LogP contribution in [0.15, 0.2) is 18.3 Å². The zero-order valence-electron chi connectivity index (χ0n) is 11.4. The number of hydrogen-bond donors (Lipinski definition) is 1. The van der Waals surface area contributed by atoms with Crippen molar-refractivity contribution in [1.82, 2.24) is 15.2 Å². The van der Waals surface area contributed by atoms with Crippen molar-refractivity contribution in [2.75, 3.05) is 7.05 Å². The summed E-state index contributed by atoms with van der Waals surface area (Å²) in [5.74, 6) is 0. The maximum Gasteiger partial charge on any atom is 0.0417 e. The third kappa shape index (κ3) is 2.43. The highest BCUT2D eigenvalue weighted by molar-refractivity contribution is 5.18. The second kappa shape index (κ2) is 4.98. The SMILES string of the molecule is Cc1ncccc1CN(C)C1CC2CCC(C1)N2. The highest BCUT2D eigenvalue weighted by Crippen LogP contribution is 2.29. The van der Waals surface area contributed by atoms with Crippen LogP contribution in [0.25, 0.3) is 0 Å². The van der Waals surface area contributed by atoms with Gasteiger partial charge in [-0.05, 0) is 51.3 Å². The van der Waals surface area contributed by atoms with E-state index in [-0.39, 0.29) is 0 Å². The maximum atomic E-state index is 4.38. The summed E-state index contributed by atoms with van der Waals surface area (Å²) in [6, 6.07) is 6.53. The molecule has 3 nitrogen and oxygen atoms in total. The van der Waals surface area contributed by atoms with Crippen molar-refractivity contribution >= 4 is 0 Å². The maximum absolute atomic E-state index is 4.38. The quantitative estimate of drug-likeness (QED) is 0.884. The Morgan fingerprint density at radius 2 is 2.06 bits per heavy atom. The molecule has 2 saturated heterocycles. The molecule has 2 atom stereocenters. The first-order valence-corrected chi connectivity index (χ1v) is 7.09. The van der Waals surface area contributed by atoms with Gasteiger partial charge in [-0.15, -0.1) is 0 Å². The molecule has 0 amide bonds. The van der Waals surface area contributed by atoms with Gasteiger partial charge in [0.05, 0.1) is 0 Å². The van der Waals surface area contributed by atoms with Crippen LogP contribution in [-0.2, 0) is 6.54 Å². The lowest BCUT2D eigenvalue weighted by Crippen LogP contribution is -2.46. The van der Waals surface area contributed by atoms with Crippen LogP contribution >= 0.6 is 0 Å². The lowest BCUT2D eigenvalue weighted by molar-refractivity contribution is 0.165. The Labute approximate surface area is 110 Å². The summed E-state index contributed by atoms with van der Waals surface area (Å²) in [6.07, 6.45) is 7.25. The monoisotopic (exact) mass is 245 g/mol. The number of nitrogens with zero attached hydrogens (tertiary/aromatic N) is 2. The number of hydrogen-bond acceptors (Lipinski definition) is 3. The van der Waals surface area contributed by atoms with Crippen molar-refractivity contribution < 1.29 is 0 Å². The molecule has 18 heavy (non-hydrogen) atoms. The minimum Gasteiger partial charge on any atom is -0.311 e. The van der Waals surface area contributed by atoms with Crippen LogP contribution in [0.2, 0.25) is 0 Å². The second-order valence-corrected chi connectivity index (χ2v) is 5.93. The summed E-state index contributed by atoms with van der Waals surface area (Å²) in [6.45, 7) is 3.14. The normalized spacial score (nSPS) is 30.9. The van der Waals surface area contributed by atoms with E-state index in [1.807, 2.05) is 12.3 Å². The molecular weight excluding hydrogens is 222 g/mol. The minimum absolute atomic E-state index is 0.739. The highest BCUT2D eigenvalue weighted by atomic mass is 15.2. The fraction of sp³-hybridized carbons (Fsp3) is 0.667. The number of fused-ring (bicyclic) bond motifs is 2. The molecule has 2 aliphatic rings. The molecule has 98 valence electrons. The van der Waals surface area contributed by atoms with Gasteiger partial charge in [0.15, 0.2) is 0 Å². The number of rotatable bonds is 3.